The van der Waals surface area contributed by atoms with E-state index in [1.54, 1.807) is 38.1 Å². The monoisotopic (exact) mass is 343 g/mol. The number of benzene rings is 1. The Bertz CT molecular complexity index is 785. The molecule has 124 valence electrons. The maximum absolute atomic E-state index is 12.1. The normalized spacial score (nSPS) is 12.3. The molecule has 8 heteroatoms. The zero-order valence-corrected chi connectivity index (χ0v) is 14.3. The van der Waals surface area contributed by atoms with Gasteiger partial charge in [-0.25, -0.2) is 5.43 Å². The van der Waals surface area contributed by atoms with Gasteiger partial charge in [0.1, 0.15) is 10.8 Å². The zero-order chi connectivity index (χ0) is 17.7. The fourth-order valence-electron chi connectivity index (χ4n) is 1.98. The Morgan fingerprint density at radius 2 is 2.12 bits per heavy atom. The van der Waals surface area contributed by atoms with Crippen LogP contribution in [0.4, 0.5) is 5.00 Å². The van der Waals surface area contributed by atoms with Gasteiger partial charge in [0.25, 0.3) is 5.91 Å². The lowest BCUT2D eigenvalue weighted by molar-refractivity contribution is -0.127. The largest absolute Gasteiger partial charge is 0.481 e. The second-order valence-corrected chi connectivity index (χ2v) is 5.88. The van der Waals surface area contributed by atoms with Crippen molar-refractivity contribution in [2.75, 3.05) is 5.73 Å². The Morgan fingerprint density at radius 1 is 1.46 bits per heavy atom. The van der Waals surface area contributed by atoms with Crippen LogP contribution in [0, 0.1) is 18.3 Å². The molecule has 1 heterocycles. The lowest BCUT2D eigenvalue weighted by Gasteiger charge is -2.13. The van der Waals surface area contributed by atoms with Crippen LogP contribution in [0.5, 0.6) is 5.75 Å². The van der Waals surface area contributed by atoms with E-state index in [2.05, 4.69) is 14.9 Å². The van der Waals surface area contributed by atoms with E-state index in [-0.39, 0.29) is 0 Å². The third kappa shape index (κ3) is 4.08. The summed E-state index contributed by atoms with van der Waals surface area (Å²) in [5, 5.41) is 13.4. The molecular formula is C16H17N5O2S. The van der Waals surface area contributed by atoms with Gasteiger partial charge in [-0.15, -0.1) is 0 Å². The molecule has 1 atom stereocenters. The van der Waals surface area contributed by atoms with E-state index in [0.717, 1.165) is 11.3 Å². The van der Waals surface area contributed by atoms with E-state index in [4.69, 9.17) is 15.7 Å². The average molecular weight is 343 g/mol. The van der Waals surface area contributed by atoms with Gasteiger partial charge in [-0.3, -0.25) is 4.79 Å². The Labute approximate surface area is 143 Å². The summed E-state index contributed by atoms with van der Waals surface area (Å²) < 4.78 is 9.67. The standard InChI is InChI=1S/C16H17N5O2S/c1-9(14-10(2)21-24-15(14)18)19-20-16(22)11(3)23-13-6-4-12(8-17)5-7-13/h4-7,11H,18H2,1-3H3,(H,20,22)/b19-9-/t11-/m0/s1. The summed E-state index contributed by atoms with van der Waals surface area (Å²) in [6, 6.07) is 8.54. The highest BCUT2D eigenvalue weighted by Crippen LogP contribution is 2.21. The molecule has 2 aromatic rings. The fourth-order valence-corrected chi connectivity index (χ4v) is 2.69. The Kier molecular flexibility index (Phi) is 5.50. The van der Waals surface area contributed by atoms with Gasteiger partial charge in [0.05, 0.1) is 28.6 Å². The predicted molar refractivity (Wildman–Crippen MR) is 92.9 cm³/mol. The summed E-state index contributed by atoms with van der Waals surface area (Å²) in [6.07, 6.45) is -0.742. The number of carbonyl (C=O) groups excluding carboxylic acids is 1. The highest BCUT2D eigenvalue weighted by molar-refractivity contribution is 7.10. The van der Waals surface area contributed by atoms with Crippen LogP contribution in [0.1, 0.15) is 30.7 Å². The molecule has 0 fully saturated rings. The molecule has 0 aliphatic rings. The number of nitrogens with one attached hydrogen (secondary N) is 1. The molecule has 3 N–H and O–H groups in total. The SMILES string of the molecule is C/C(=N/NC(=O)[C@H](C)Oc1ccc(C#N)cc1)c1c(C)nsc1N. The van der Waals surface area contributed by atoms with Crippen LogP contribution in [-0.2, 0) is 4.79 Å². The van der Waals surface area contributed by atoms with Gasteiger partial charge in [-0.1, -0.05) is 0 Å². The van der Waals surface area contributed by atoms with E-state index in [0.29, 0.717) is 22.0 Å². The number of amides is 1. The molecule has 0 bridgehead atoms. The van der Waals surface area contributed by atoms with Crippen molar-refractivity contribution in [1.82, 2.24) is 9.80 Å². The number of anilines is 1. The van der Waals surface area contributed by atoms with Gasteiger partial charge in [-0.2, -0.15) is 14.7 Å². The van der Waals surface area contributed by atoms with Crippen LogP contribution < -0.4 is 15.9 Å². The molecule has 0 radical (unpaired) electrons. The number of aryl methyl sites for hydroxylation is 1. The molecule has 0 unspecified atom stereocenters. The minimum atomic E-state index is -0.742. The summed E-state index contributed by atoms with van der Waals surface area (Å²) >= 11 is 1.19. The zero-order valence-electron chi connectivity index (χ0n) is 13.5. The topological polar surface area (TPSA) is 113 Å². The number of rotatable bonds is 5. The van der Waals surface area contributed by atoms with E-state index in [1.165, 1.54) is 11.5 Å². The quantitative estimate of drug-likeness (QED) is 0.638. The molecule has 0 aliphatic carbocycles. The van der Waals surface area contributed by atoms with Crippen LogP contribution >= 0.6 is 11.5 Å². The van der Waals surface area contributed by atoms with Crippen molar-refractivity contribution in [2.45, 2.75) is 26.9 Å². The number of ether oxygens (including phenoxy) is 1. The number of nitrogens with two attached hydrogens (primary N) is 1. The third-order valence-electron chi connectivity index (χ3n) is 3.25. The molecule has 1 aromatic carbocycles. The van der Waals surface area contributed by atoms with Crippen LogP contribution in [0.2, 0.25) is 0 Å². The van der Waals surface area contributed by atoms with Gasteiger partial charge in [-0.05, 0) is 56.6 Å². The Hall–Kier alpha value is -2.92. The number of hydrogen-bond acceptors (Lipinski definition) is 7. The van der Waals surface area contributed by atoms with E-state index in [1.807, 2.05) is 13.0 Å². The van der Waals surface area contributed by atoms with Crippen molar-refractivity contribution in [3.05, 3.63) is 41.1 Å². The highest BCUT2D eigenvalue weighted by atomic mass is 32.1. The molecule has 1 amide bonds. The summed E-state index contributed by atoms with van der Waals surface area (Å²) in [7, 11) is 0. The van der Waals surface area contributed by atoms with Crippen molar-refractivity contribution in [3.63, 3.8) is 0 Å². The smallest absolute Gasteiger partial charge is 0.280 e. The molecule has 0 spiro atoms. The number of aromatic nitrogens is 1. The molecular weight excluding hydrogens is 326 g/mol. The first-order valence-corrected chi connectivity index (χ1v) is 7.92. The lowest BCUT2D eigenvalue weighted by Crippen LogP contribution is -2.34. The summed E-state index contributed by atoms with van der Waals surface area (Å²) in [5.74, 6) is 0.109. The predicted octanol–water partition coefficient (Wildman–Crippen LogP) is 2.21. The van der Waals surface area contributed by atoms with Gasteiger partial charge < -0.3 is 10.5 Å². The van der Waals surface area contributed by atoms with Crippen LogP contribution in [-0.4, -0.2) is 22.1 Å². The van der Waals surface area contributed by atoms with Crippen molar-refractivity contribution in [2.24, 2.45) is 5.10 Å². The summed E-state index contributed by atoms with van der Waals surface area (Å²) in [5.41, 5.74) is 10.9. The van der Waals surface area contributed by atoms with Gasteiger partial charge in [0, 0.05) is 0 Å². The number of carbonyl (C=O) groups is 1. The van der Waals surface area contributed by atoms with E-state index in [9.17, 15) is 4.79 Å². The number of nitrogen functional groups attached to an aromatic ring is 1. The Morgan fingerprint density at radius 3 is 2.67 bits per heavy atom. The van der Waals surface area contributed by atoms with Crippen LogP contribution in [0.15, 0.2) is 29.4 Å². The Balaban J connectivity index is 1.98. The first-order valence-electron chi connectivity index (χ1n) is 7.15. The van der Waals surface area contributed by atoms with Crippen LogP contribution in [0.3, 0.4) is 0 Å². The van der Waals surface area contributed by atoms with Crippen molar-refractivity contribution in [1.29, 1.82) is 5.26 Å². The minimum absolute atomic E-state index is 0.391. The second-order valence-electron chi connectivity index (χ2n) is 5.08. The number of nitriles is 1. The maximum Gasteiger partial charge on any atom is 0.280 e. The first kappa shape index (κ1) is 17.4. The lowest BCUT2D eigenvalue weighted by atomic mass is 10.2. The maximum atomic E-state index is 12.1. The third-order valence-corrected chi connectivity index (χ3v) is 4.02. The van der Waals surface area contributed by atoms with Crippen molar-refractivity contribution < 1.29 is 9.53 Å². The molecule has 7 nitrogen and oxygen atoms in total. The molecule has 0 saturated carbocycles. The molecule has 0 aliphatic heterocycles. The second kappa shape index (κ2) is 7.57. The van der Waals surface area contributed by atoms with Gasteiger partial charge in [0.15, 0.2) is 6.10 Å². The number of hydrogen-bond donors (Lipinski definition) is 2. The fraction of sp³-hybridized carbons (Fsp3) is 0.250. The van der Waals surface area contributed by atoms with Gasteiger partial charge >= 0.3 is 0 Å². The van der Waals surface area contributed by atoms with E-state index >= 15 is 0 Å². The number of nitrogens with zero attached hydrogens (tertiary/aromatic N) is 3. The molecule has 2 rings (SSSR count). The van der Waals surface area contributed by atoms with Crippen molar-refractivity contribution >= 4 is 28.2 Å². The van der Waals surface area contributed by atoms with E-state index < -0.39 is 12.0 Å². The summed E-state index contributed by atoms with van der Waals surface area (Å²) in [6.45, 7) is 5.20. The summed E-state index contributed by atoms with van der Waals surface area (Å²) in [4.78, 5) is 12.1. The van der Waals surface area contributed by atoms with Crippen LogP contribution in [0.25, 0.3) is 0 Å². The minimum Gasteiger partial charge on any atom is -0.481 e. The van der Waals surface area contributed by atoms with Gasteiger partial charge in [0.2, 0.25) is 0 Å². The molecule has 0 saturated heterocycles. The van der Waals surface area contributed by atoms with Crippen molar-refractivity contribution in [3.8, 4) is 11.8 Å². The first-order chi connectivity index (χ1) is 11.4. The highest BCUT2D eigenvalue weighted by Gasteiger charge is 2.16. The average Bonchev–Trinajstić information content (AvgIpc) is 2.91. The molecule has 1 aromatic heterocycles. The molecule has 24 heavy (non-hydrogen) atoms. The number of hydrazone groups is 1.